The number of carbonyl (C=O) groups is 1. The number of amides is 1. The first-order chi connectivity index (χ1) is 14.6. The molecule has 1 unspecified atom stereocenters. The second-order valence-corrected chi connectivity index (χ2v) is 9.37. The van der Waals surface area contributed by atoms with Crippen molar-refractivity contribution in [1.29, 1.82) is 5.26 Å². The normalized spacial score (nSPS) is 17.7. The van der Waals surface area contributed by atoms with Crippen molar-refractivity contribution in [1.82, 2.24) is 0 Å². The monoisotopic (exact) mass is 415 g/mol. The summed E-state index contributed by atoms with van der Waals surface area (Å²) in [4.78, 5) is 15.3. The molecule has 0 radical (unpaired) electrons. The maximum atomic E-state index is 12.8. The molecule has 1 N–H and O–H groups in total. The standard InChI is InChI=1S/C27H33N3O/c1-8-30-25-12-18(3)21(14-23(25)20(5)15-27(30,6)7)13-22(16-28)26(31)29-24-10-9-17(2)11-19(24)4/h9-14,20H,8,15H2,1-7H3,(H,29,31)/b22-13+. The molecule has 0 saturated carbocycles. The van der Waals surface area contributed by atoms with Crippen molar-refractivity contribution in [2.75, 3.05) is 16.8 Å². The highest BCUT2D eigenvalue weighted by molar-refractivity contribution is 6.10. The smallest absolute Gasteiger partial charge is 0.266 e. The summed E-state index contributed by atoms with van der Waals surface area (Å²) in [5, 5.41) is 12.6. The van der Waals surface area contributed by atoms with E-state index in [1.54, 1.807) is 6.08 Å². The minimum Gasteiger partial charge on any atom is -0.366 e. The molecule has 2 aromatic rings. The molecule has 0 spiro atoms. The Labute approximate surface area is 186 Å². The molecule has 0 aliphatic carbocycles. The molecular formula is C27H33N3O. The van der Waals surface area contributed by atoms with Crippen LogP contribution in [0.25, 0.3) is 6.08 Å². The van der Waals surface area contributed by atoms with Gasteiger partial charge in [0.1, 0.15) is 11.6 Å². The number of nitrogens with zero attached hydrogens (tertiary/aromatic N) is 2. The van der Waals surface area contributed by atoms with Gasteiger partial charge in [0, 0.05) is 23.5 Å². The van der Waals surface area contributed by atoms with Gasteiger partial charge >= 0.3 is 0 Å². The summed E-state index contributed by atoms with van der Waals surface area (Å²) < 4.78 is 0. The molecule has 3 rings (SSSR count). The predicted octanol–water partition coefficient (Wildman–Crippen LogP) is 6.27. The van der Waals surface area contributed by atoms with Crippen LogP contribution >= 0.6 is 0 Å². The zero-order valence-corrected chi connectivity index (χ0v) is 19.8. The average Bonchev–Trinajstić information content (AvgIpc) is 2.68. The third-order valence-electron chi connectivity index (χ3n) is 6.38. The van der Waals surface area contributed by atoms with Crippen LogP contribution in [0, 0.1) is 32.1 Å². The Morgan fingerprint density at radius 2 is 1.94 bits per heavy atom. The van der Waals surface area contributed by atoms with E-state index in [0.717, 1.165) is 40.9 Å². The van der Waals surface area contributed by atoms with Crippen LogP contribution in [-0.2, 0) is 4.79 Å². The van der Waals surface area contributed by atoms with Crippen LogP contribution in [-0.4, -0.2) is 18.0 Å². The predicted molar refractivity (Wildman–Crippen MR) is 129 cm³/mol. The van der Waals surface area contributed by atoms with Gasteiger partial charge in [-0.1, -0.05) is 24.6 Å². The maximum Gasteiger partial charge on any atom is 0.266 e. The fourth-order valence-corrected chi connectivity index (χ4v) is 4.85. The minimum absolute atomic E-state index is 0.106. The average molecular weight is 416 g/mol. The highest BCUT2D eigenvalue weighted by Gasteiger charge is 2.35. The summed E-state index contributed by atoms with van der Waals surface area (Å²) >= 11 is 0. The van der Waals surface area contributed by atoms with E-state index in [2.05, 4.69) is 56.1 Å². The van der Waals surface area contributed by atoms with Crippen molar-refractivity contribution < 1.29 is 4.79 Å². The number of benzene rings is 2. The van der Waals surface area contributed by atoms with Crippen molar-refractivity contribution in [2.45, 2.75) is 66.3 Å². The number of anilines is 2. The molecule has 0 saturated heterocycles. The molecule has 31 heavy (non-hydrogen) atoms. The number of fused-ring (bicyclic) bond motifs is 1. The van der Waals surface area contributed by atoms with Gasteiger partial charge in [-0.05, 0) is 100 Å². The fraction of sp³-hybridized carbons (Fsp3) is 0.407. The van der Waals surface area contributed by atoms with E-state index >= 15 is 0 Å². The number of carbonyl (C=O) groups excluding carboxylic acids is 1. The van der Waals surface area contributed by atoms with Crippen LogP contribution < -0.4 is 10.2 Å². The number of nitriles is 1. The van der Waals surface area contributed by atoms with Gasteiger partial charge in [-0.2, -0.15) is 5.26 Å². The lowest BCUT2D eigenvalue weighted by atomic mass is 9.79. The lowest BCUT2D eigenvalue weighted by Gasteiger charge is -2.47. The van der Waals surface area contributed by atoms with Crippen LogP contribution in [0.5, 0.6) is 0 Å². The van der Waals surface area contributed by atoms with Crippen molar-refractivity contribution in [2.24, 2.45) is 0 Å². The van der Waals surface area contributed by atoms with Crippen LogP contribution in [0.1, 0.15) is 67.9 Å². The van der Waals surface area contributed by atoms with E-state index < -0.39 is 0 Å². The fourth-order valence-electron chi connectivity index (χ4n) is 4.85. The molecule has 1 heterocycles. The summed E-state index contributed by atoms with van der Waals surface area (Å²) in [6, 6.07) is 12.3. The van der Waals surface area contributed by atoms with Gasteiger partial charge in [0.05, 0.1) is 0 Å². The molecular weight excluding hydrogens is 382 g/mol. The molecule has 4 heteroatoms. The maximum absolute atomic E-state index is 12.8. The zero-order valence-electron chi connectivity index (χ0n) is 19.8. The Hall–Kier alpha value is -3.06. The Morgan fingerprint density at radius 1 is 1.23 bits per heavy atom. The highest BCUT2D eigenvalue weighted by atomic mass is 16.1. The summed E-state index contributed by atoms with van der Waals surface area (Å²) in [6.07, 6.45) is 2.79. The second kappa shape index (κ2) is 8.59. The molecule has 1 aliphatic rings. The summed E-state index contributed by atoms with van der Waals surface area (Å²) in [5.41, 5.74) is 7.59. The molecule has 4 nitrogen and oxygen atoms in total. The van der Waals surface area contributed by atoms with Crippen molar-refractivity contribution in [3.05, 3.63) is 63.7 Å². The quantitative estimate of drug-likeness (QED) is 0.473. The lowest BCUT2D eigenvalue weighted by Crippen LogP contribution is -2.48. The molecule has 162 valence electrons. The summed E-state index contributed by atoms with van der Waals surface area (Å²) in [7, 11) is 0. The van der Waals surface area contributed by atoms with Gasteiger partial charge < -0.3 is 10.2 Å². The zero-order chi connectivity index (χ0) is 22.9. The number of nitrogens with one attached hydrogen (secondary N) is 1. The number of hydrogen-bond donors (Lipinski definition) is 1. The van der Waals surface area contributed by atoms with E-state index in [0.29, 0.717) is 5.92 Å². The Bertz CT molecular complexity index is 1090. The van der Waals surface area contributed by atoms with Gasteiger partial charge in [-0.3, -0.25) is 4.79 Å². The van der Waals surface area contributed by atoms with E-state index in [9.17, 15) is 10.1 Å². The molecule has 1 aliphatic heterocycles. The van der Waals surface area contributed by atoms with Gasteiger partial charge in [-0.15, -0.1) is 0 Å². The summed E-state index contributed by atoms with van der Waals surface area (Å²) in [5.74, 6) is 0.0334. The third kappa shape index (κ3) is 4.51. The largest absolute Gasteiger partial charge is 0.366 e. The van der Waals surface area contributed by atoms with E-state index in [-0.39, 0.29) is 17.0 Å². The molecule has 0 aromatic heterocycles. The number of rotatable bonds is 4. The molecule has 0 bridgehead atoms. The second-order valence-electron chi connectivity index (χ2n) is 9.37. The first kappa shape index (κ1) is 22.6. The highest BCUT2D eigenvalue weighted by Crippen LogP contribution is 2.44. The van der Waals surface area contributed by atoms with Crippen molar-refractivity contribution >= 4 is 23.4 Å². The Kier molecular flexibility index (Phi) is 6.27. The topological polar surface area (TPSA) is 56.1 Å². The Balaban J connectivity index is 1.97. The molecule has 0 fully saturated rings. The van der Waals surface area contributed by atoms with Gasteiger partial charge in [-0.25, -0.2) is 0 Å². The van der Waals surface area contributed by atoms with Gasteiger partial charge in [0.15, 0.2) is 0 Å². The van der Waals surface area contributed by atoms with Gasteiger partial charge in [0.2, 0.25) is 0 Å². The SMILES string of the molecule is CCN1c2cc(C)c(/C=C(\C#N)C(=O)Nc3ccc(C)cc3C)cc2C(C)CC1(C)C. The van der Waals surface area contributed by atoms with Crippen molar-refractivity contribution in [3.8, 4) is 6.07 Å². The van der Waals surface area contributed by atoms with Crippen LogP contribution in [0.15, 0.2) is 35.9 Å². The molecule has 1 amide bonds. The van der Waals surface area contributed by atoms with Crippen molar-refractivity contribution in [3.63, 3.8) is 0 Å². The number of hydrogen-bond acceptors (Lipinski definition) is 3. The minimum atomic E-state index is -0.379. The van der Waals surface area contributed by atoms with Crippen LogP contribution in [0.4, 0.5) is 11.4 Å². The Morgan fingerprint density at radius 3 is 2.55 bits per heavy atom. The van der Waals surface area contributed by atoms with E-state index in [1.165, 1.54) is 11.3 Å². The van der Waals surface area contributed by atoms with Crippen LogP contribution in [0.2, 0.25) is 0 Å². The van der Waals surface area contributed by atoms with E-state index in [4.69, 9.17) is 0 Å². The lowest BCUT2D eigenvalue weighted by molar-refractivity contribution is -0.112. The first-order valence-electron chi connectivity index (χ1n) is 11.0. The van der Waals surface area contributed by atoms with E-state index in [1.807, 2.05) is 39.0 Å². The van der Waals surface area contributed by atoms with Crippen LogP contribution in [0.3, 0.4) is 0 Å². The molecule has 1 atom stereocenters. The number of aryl methyl sites for hydroxylation is 3. The molecule has 2 aromatic carbocycles. The third-order valence-corrected chi connectivity index (χ3v) is 6.38. The summed E-state index contributed by atoms with van der Waals surface area (Å²) in [6.45, 7) is 16.0. The first-order valence-corrected chi connectivity index (χ1v) is 11.0. The van der Waals surface area contributed by atoms with Gasteiger partial charge in [0.25, 0.3) is 5.91 Å².